The van der Waals surface area contributed by atoms with Crippen LogP contribution in [0.4, 0.5) is 0 Å². The Hall–Kier alpha value is -2.82. The molecule has 0 fully saturated rings. The summed E-state index contributed by atoms with van der Waals surface area (Å²) in [7, 11) is 0. The predicted molar refractivity (Wildman–Crippen MR) is 81.0 cm³/mol. The average molecular weight is 281 g/mol. The highest BCUT2D eigenvalue weighted by Crippen LogP contribution is 2.15. The number of rotatable bonds is 4. The first-order valence-electron chi connectivity index (χ1n) is 6.64. The summed E-state index contributed by atoms with van der Waals surface area (Å²) < 4.78 is 5.67. The molecule has 0 radical (unpaired) electrons. The normalized spacial score (nSPS) is 16.0. The van der Waals surface area contributed by atoms with E-state index < -0.39 is 0 Å². The van der Waals surface area contributed by atoms with Crippen molar-refractivity contribution >= 4 is 17.7 Å². The Labute approximate surface area is 122 Å². The van der Waals surface area contributed by atoms with Crippen LogP contribution >= 0.6 is 0 Å². The van der Waals surface area contributed by atoms with Gasteiger partial charge in [0.15, 0.2) is 0 Å². The first-order chi connectivity index (χ1) is 10.2. The van der Waals surface area contributed by atoms with Crippen molar-refractivity contribution in [2.45, 2.75) is 6.92 Å². The Morgan fingerprint density at radius 1 is 1.24 bits per heavy atom. The first kappa shape index (κ1) is 13.2. The van der Waals surface area contributed by atoms with Gasteiger partial charge in [-0.2, -0.15) is 5.10 Å². The number of nitrogens with zero attached hydrogens (tertiary/aromatic N) is 1. The lowest BCUT2D eigenvalue weighted by molar-refractivity contribution is -0.116. The number of aryl methyl sites for hydroxylation is 1. The van der Waals surface area contributed by atoms with Crippen LogP contribution < -0.4 is 10.2 Å². The fourth-order valence-electron chi connectivity index (χ4n) is 2.00. The van der Waals surface area contributed by atoms with Crippen molar-refractivity contribution in [1.82, 2.24) is 10.4 Å². The lowest BCUT2D eigenvalue weighted by Crippen LogP contribution is -2.16. The predicted octanol–water partition coefficient (Wildman–Crippen LogP) is 2.27. The van der Waals surface area contributed by atoms with Crippen LogP contribution in [0.15, 0.2) is 53.3 Å². The van der Waals surface area contributed by atoms with Crippen molar-refractivity contribution in [3.63, 3.8) is 0 Å². The second kappa shape index (κ2) is 5.66. The number of ether oxygens (including phenoxy) is 1. The van der Waals surface area contributed by atoms with Crippen LogP contribution in [-0.4, -0.2) is 23.2 Å². The van der Waals surface area contributed by atoms with E-state index in [4.69, 9.17) is 4.74 Å². The molecule has 0 spiro atoms. The van der Waals surface area contributed by atoms with E-state index in [9.17, 15) is 4.79 Å². The van der Waals surface area contributed by atoms with Crippen LogP contribution in [0.5, 0.6) is 5.75 Å². The van der Waals surface area contributed by atoms with Crippen LogP contribution in [0, 0.1) is 6.92 Å². The largest absolute Gasteiger partial charge is 0.487 e. The van der Waals surface area contributed by atoms with Crippen molar-refractivity contribution < 1.29 is 9.53 Å². The number of aromatic amines is 1. The van der Waals surface area contributed by atoms with E-state index in [2.05, 4.69) is 15.5 Å². The molecule has 5 nitrogen and oxygen atoms in total. The number of benzene rings is 1. The smallest absolute Gasteiger partial charge is 0.273 e. The van der Waals surface area contributed by atoms with Gasteiger partial charge < -0.3 is 9.72 Å². The highest BCUT2D eigenvalue weighted by molar-refractivity contribution is 6.27. The van der Waals surface area contributed by atoms with Crippen molar-refractivity contribution in [3.05, 3.63) is 59.4 Å². The van der Waals surface area contributed by atoms with Gasteiger partial charge >= 0.3 is 0 Å². The molecule has 106 valence electrons. The second-order valence-electron chi connectivity index (χ2n) is 4.78. The minimum absolute atomic E-state index is 0.216. The van der Waals surface area contributed by atoms with E-state index in [1.165, 1.54) is 5.56 Å². The van der Waals surface area contributed by atoms with Crippen LogP contribution in [-0.2, 0) is 4.79 Å². The summed E-state index contributed by atoms with van der Waals surface area (Å²) in [5, 5.41) is 4.02. The number of nitrogens with one attached hydrogen (secondary N) is 2. The third-order valence-corrected chi connectivity index (χ3v) is 3.17. The second-order valence-corrected chi connectivity index (χ2v) is 4.78. The Morgan fingerprint density at radius 3 is 2.76 bits per heavy atom. The molecule has 0 atom stereocenters. The van der Waals surface area contributed by atoms with Crippen molar-refractivity contribution in [3.8, 4) is 5.75 Å². The van der Waals surface area contributed by atoms with E-state index in [0.717, 1.165) is 11.4 Å². The Balaban J connectivity index is 1.72. The van der Waals surface area contributed by atoms with Crippen molar-refractivity contribution in [1.29, 1.82) is 0 Å². The van der Waals surface area contributed by atoms with E-state index >= 15 is 0 Å². The highest BCUT2D eigenvalue weighted by Gasteiger charge is 2.23. The zero-order valence-corrected chi connectivity index (χ0v) is 11.6. The zero-order chi connectivity index (χ0) is 14.7. The Kier molecular flexibility index (Phi) is 3.55. The third kappa shape index (κ3) is 3.02. The topological polar surface area (TPSA) is 66.5 Å². The van der Waals surface area contributed by atoms with Gasteiger partial charge in [0.25, 0.3) is 5.91 Å². The van der Waals surface area contributed by atoms with Crippen LogP contribution in [0.25, 0.3) is 6.08 Å². The fraction of sp³-hybridized carbons (Fsp3) is 0.125. The first-order valence-corrected chi connectivity index (χ1v) is 6.64. The number of hydrogen-bond donors (Lipinski definition) is 2. The SMILES string of the molecule is Cc1ccc(OCC2=NNC(=O)C2=Cc2ccc[nH]2)cc1. The van der Waals surface area contributed by atoms with Gasteiger partial charge in [-0.25, -0.2) is 5.43 Å². The number of hydrazone groups is 1. The fourth-order valence-corrected chi connectivity index (χ4v) is 2.00. The Bertz CT molecular complexity index is 698. The molecule has 0 unspecified atom stereocenters. The van der Waals surface area contributed by atoms with Crippen LogP contribution in [0.1, 0.15) is 11.3 Å². The van der Waals surface area contributed by atoms with E-state index in [1.807, 2.05) is 43.3 Å². The van der Waals surface area contributed by atoms with Gasteiger partial charge in [0, 0.05) is 11.9 Å². The quantitative estimate of drug-likeness (QED) is 0.844. The minimum Gasteiger partial charge on any atom is -0.487 e. The molecular weight excluding hydrogens is 266 g/mol. The molecular formula is C16H15N3O2. The molecule has 0 saturated heterocycles. The van der Waals surface area contributed by atoms with Gasteiger partial charge in [-0.05, 0) is 37.3 Å². The molecule has 3 rings (SSSR count). The number of H-pyrrole nitrogens is 1. The number of hydrogen-bond acceptors (Lipinski definition) is 3. The molecule has 1 aromatic heterocycles. The summed E-state index contributed by atoms with van der Waals surface area (Å²) in [4.78, 5) is 14.8. The maximum atomic E-state index is 11.8. The zero-order valence-electron chi connectivity index (χ0n) is 11.6. The van der Waals surface area contributed by atoms with Gasteiger partial charge in [0.2, 0.25) is 0 Å². The molecule has 1 aliphatic heterocycles. The molecule has 1 aliphatic rings. The molecule has 2 heterocycles. The lowest BCUT2D eigenvalue weighted by atomic mass is 10.1. The van der Waals surface area contributed by atoms with Gasteiger partial charge in [0.1, 0.15) is 18.1 Å². The Morgan fingerprint density at radius 2 is 2.05 bits per heavy atom. The van der Waals surface area contributed by atoms with Gasteiger partial charge in [-0.3, -0.25) is 4.79 Å². The molecule has 2 N–H and O–H groups in total. The highest BCUT2D eigenvalue weighted by atomic mass is 16.5. The molecule has 0 aliphatic carbocycles. The number of carbonyl (C=O) groups excluding carboxylic acids is 1. The summed E-state index contributed by atoms with van der Waals surface area (Å²) in [5.41, 5.74) is 5.60. The molecule has 0 bridgehead atoms. The number of amides is 1. The van der Waals surface area contributed by atoms with E-state index in [1.54, 1.807) is 12.3 Å². The molecule has 1 amide bonds. The van der Waals surface area contributed by atoms with Gasteiger partial charge in [-0.1, -0.05) is 17.7 Å². The van der Waals surface area contributed by atoms with E-state index in [-0.39, 0.29) is 12.5 Å². The van der Waals surface area contributed by atoms with Gasteiger partial charge in [-0.15, -0.1) is 0 Å². The van der Waals surface area contributed by atoms with Gasteiger partial charge in [0.05, 0.1) is 5.57 Å². The number of carbonyl (C=O) groups is 1. The summed E-state index contributed by atoms with van der Waals surface area (Å²) in [5.74, 6) is 0.536. The average Bonchev–Trinajstić information content (AvgIpc) is 3.11. The maximum absolute atomic E-state index is 11.8. The molecule has 5 heteroatoms. The van der Waals surface area contributed by atoms with Crippen LogP contribution in [0.3, 0.4) is 0 Å². The lowest BCUT2D eigenvalue weighted by Gasteiger charge is -2.06. The summed E-state index contributed by atoms with van der Waals surface area (Å²) in [6.45, 7) is 2.26. The number of aromatic nitrogens is 1. The standard InChI is InChI=1S/C16H15N3O2/c1-11-4-6-13(7-5-11)21-10-15-14(16(20)19-18-15)9-12-3-2-8-17-12/h2-9,17H,10H2,1H3,(H,19,20). The van der Waals surface area contributed by atoms with Crippen LogP contribution in [0.2, 0.25) is 0 Å². The summed E-state index contributed by atoms with van der Waals surface area (Å²) in [6, 6.07) is 11.5. The third-order valence-electron chi connectivity index (χ3n) is 3.17. The molecule has 21 heavy (non-hydrogen) atoms. The molecule has 0 saturated carbocycles. The minimum atomic E-state index is -0.216. The van der Waals surface area contributed by atoms with Crippen molar-refractivity contribution in [2.75, 3.05) is 6.61 Å². The van der Waals surface area contributed by atoms with Crippen molar-refractivity contribution in [2.24, 2.45) is 5.10 Å². The van der Waals surface area contributed by atoms with E-state index in [0.29, 0.717) is 11.3 Å². The molecule has 1 aromatic carbocycles. The molecule has 2 aromatic rings. The summed E-state index contributed by atoms with van der Waals surface area (Å²) >= 11 is 0. The summed E-state index contributed by atoms with van der Waals surface area (Å²) in [6.07, 6.45) is 3.57. The monoisotopic (exact) mass is 281 g/mol. The maximum Gasteiger partial charge on any atom is 0.273 e.